The van der Waals surface area contributed by atoms with Crippen molar-refractivity contribution in [2.45, 2.75) is 38.5 Å². The Kier molecular flexibility index (Phi) is 10.2. The molecule has 31 heavy (non-hydrogen) atoms. The molecule has 1 fully saturated rings. The molecule has 9 nitrogen and oxygen atoms in total. The van der Waals surface area contributed by atoms with Crippen LogP contribution >= 0.6 is 0 Å². The molecule has 0 radical (unpaired) electrons. The summed E-state index contributed by atoms with van der Waals surface area (Å²) in [6.07, 6.45) is 3.92. The van der Waals surface area contributed by atoms with Crippen LogP contribution in [0.1, 0.15) is 48.9 Å². The Labute approximate surface area is 184 Å². The number of carboxylic acids is 1. The van der Waals surface area contributed by atoms with Gasteiger partial charge in [-0.25, -0.2) is 8.42 Å². The Hall–Kier alpha value is -2.17. The molecule has 0 unspecified atom stereocenters. The summed E-state index contributed by atoms with van der Waals surface area (Å²) < 4.78 is 32.5. The number of nitrogens with one attached hydrogen (secondary N) is 1. The summed E-state index contributed by atoms with van der Waals surface area (Å²) in [7, 11) is -3.84. The number of nitrogens with two attached hydrogens (primary N) is 1. The first-order valence-electron chi connectivity index (χ1n) is 10.7. The normalized spacial score (nSPS) is 15.0. The molecule has 1 saturated heterocycles. The maximum Gasteiger partial charge on any atom is 0.305 e. The second kappa shape index (κ2) is 12.6. The first kappa shape index (κ1) is 25.1. The third-order valence-electron chi connectivity index (χ3n) is 5.37. The van der Waals surface area contributed by atoms with Crippen molar-refractivity contribution in [3.8, 4) is 0 Å². The molecule has 1 aliphatic heterocycles. The fourth-order valence-corrected chi connectivity index (χ4v) is 5.24. The third-order valence-corrected chi connectivity index (χ3v) is 7.23. The fraction of sp³-hybridized carbons (Fsp3) is 0.619. The standard InChI is InChI=1S/C21H33N3O6S/c22-21(27)18-5-1-2-6-19(18)24(13-9-20(25)26)31(28,29)16-4-3-14-30-15-10-17-7-11-23-12-8-17/h1-2,5-6,17,23H,3-4,7-16H2,(H2,22,27)(H,25,26). The SMILES string of the molecule is NC(=O)c1ccccc1N(CCC(=O)O)S(=O)(=O)CCCCOCCC1CCNCC1. The quantitative estimate of drug-likeness (QED) is 0.362. The van der Waals surface area contributed by atoms with Crippen LogP contribution in [0.4, 0.5) is 5.69 Å². The van der Waals surface area contributed by atoms with Crippen molar-refractivity contribution in [2.24, 2.45) is 11.7 Å². The molecular weight excluding hydrogens is 422 g/mol. The number of ether oxygens (including phenoxy) is 1. The lowest BCUT2D eigenvalue weighted by molar-refractivity contribution is -0.136. The van der Waals surface area contributed by atoms with Crippen molar-refractivity contribution in [1.82, 2.24) is 5.32 Å². The van der Waals surface area contributed by atoms with Crippen LogP contribution in [-0.4, -0.2) is 64.0 Å². The number of sulfonamides is 1. The Bertz CT molecular complexity index is 824. The van der Waals surface area contributed by atoms with Gasteiger partial charge in [-0.2, -0.15) is 0 Å². The molecule has 174 valence electrons. The van der Waals surface area contributed by atoms with Gasteiger partial charge in [0, 0.05) is 19.8 Å². The highest BCUT2D eigenvalue weighted by Crippen LogP contribution is 2.24. The molecule has 0 saturated carbocycles. The summed E-state index contributed by atoms with van der Waals surface area (Å²) in [6.45, 7) is 3.00. The largest absolute Gasteiger partial charge is 0.481 e. The van der Waals surface area contributed by atoms with Gasteiger partial charge in [-0.15, -0.1) is 0 Å². The number of amides is 1. The molecule has 2 rings (SSSR count). The zero-order valence-corrected chi connectivity index (χ0v) is 18.6. The van der Waals surface area contributed by atoms with E-state index in [0.717, 1.165) is 23.8 Å². The first-order valence-corrected chi connectivity index (χ1v) is 12.3. The minimum absolute atomic E-state index is 0.0395. The van der Waals surface area contributed by atoms with E-state index in [1.165, 1.54) is 25.0 Å². The number of piperidine rings is 1. The number of hydrogen-bond acceptors (Lipinski definition) is 6. The maximum atomic E-state index is 12.9. The Morgan fingerprint density at radius 1 is 1.16 bits per heavy atom. The summed E-state index contributed by atoms with van der Waals surface area (Å²) in [5, 5.41) is 12.3. The number of carboxylic acid groups (broad SMARTS) is 1. The molecule has 0 spiro atoms. The van der Waals surface area contributed by atoms with Crippen LogP contribution in [0.5, 0.6) is 0 Å². The molecule has 4 N–H and O–H groups in total. The van der Waals surface area contributed by atoms with Crippen molar-refractivity contribution in [3.63, 3.8) is 0 Å². The van der Waals surface area contributed by atoms with E-state index >= 15 is 0 Å². The van der Waals surface area contributed by atoms with Gasteiger partial charge in [0.05, 0.1) is 23.4 Å². The molecule has 0 atom stereocenters. The highest BCUT2D eigenvalue weighted by atomic mass is 32.2. The molecule has 0 aliphatic carbocycles. The van der Waals surface area contributed by atoms with E-state index in [1.807, 2.05) is 0 Å². The Balaban J connectivity index is 1.88. The van der Waals surface area contributed by atoms with Crippen molar-refractivity contribution in [3.05, 3.63) is 29.8 Å². The number of carbonyl (C=O) groups is 2. The average Bonchev–Trinajstić information content (AvgIpc) is 2.73. The van der Waals surface area contributed by atoms with Crippen molar-refractivity contribution < 1.29 is 27.9 Å². The molecule has 0 bridgehead atoms. The van der Waals surface area contributed by atoms with Gasteiger partial charge in [0.1, 0.15) is 0 Å². The first-order chi connectivity index (χ1) is 14.8. The van der Waals surface area contributed by atoms with Crippen molar-refractivity contribution in [1.29, 1.82) is 0 Å². The monoisotopic (exact) mass is 455 g/mol. The second-order valence-electron chi connectivity index (χ2n) is 7.71. The average molecular weight is 456 g/mol. The van der Waals surface area contributed by atoms with Gasteiger partial charge in [-0.3, -0.25) is 13.9 Å². The highest BCUT2D eigenvalue weighted by Gasteiger charge is 2.26. The number of anilines is 1. The van der Waals surface area contributed by atoms with E-state index in [1.54, 1.807) is 12.1 Å². The molecule has 1 amide bonds. The van der Waals surface area contributed by atoms with Gasteiger partial charge >= 0.3 is 5.97 Å². The van der Waals surface area contributed by atoms with Crippen LogP contribution in [0.25, 0.3) is 0 Å². The Morgan fingerprint density at radius 2 is 1.87 bits per heavy atom. The van der Waals surface area contributed by atoms with Gasteiger partial charge in [0.15, 0.2) is 0 Å². The smallest absolute Gasteiger partial charge is 0.305 e. The minimum atomic E-state index is -3.84. The number of unbranched alkanes of at least 4 members (excludes halogenated alkanes) is 1. The number of carbonyl (C=O) groups excluding carboxylic acids is 1. The molecule has 1 heterocycles. The van der Waals surface area contributed by atoms with Gasteiger partial charge in [0.25, 0.3) is 5.91 Å². The molecule has 1 aromatic carbocycles. The minimum Gasteiger partial charge on any atom is -0.481 e. The third kappa shape index (κ3) is 8.47. The Morgan fingerprint density at radius 3 is 2.55 bits per heavy atom. The number of hydrogen-bond donors (Lipinski definition) is 3. The summed E-state index contributed by atoms with van der Waals surface area (Å²) in [6, 6.07) is 6.05. The van der Waals surface area contributed by atoms with Gasteiger partial charge < -0.3 is 20.9 Å². The maximum absolute atomic E-state index is 12.9. The molecule has 0 aromatic heterocycles. The number of para-hydroxylation sites is 1. The van der Waals surface area contributed by atoms with E-state index in [4.69, 9.17) is 15.6 Å². The van der Waals surface area contributed by atoms with Crippen LogP contribution in [0, 0.1) is 5.92 Å². The second-order valence-corrected chi connectivity index (χ2v) is 9.73. The molecule has 1 aromatic rings. The summed E-state index contributed by atoms with van der Waals surface area (Å²) in [5.41, 5.74) is 5.52. The number of rotatable bonds is 14. The molecule has 1 aliphatic rings. The topological polar surface area (TPSA) is 139 Å². The predicted octanol–water partition coefficient (Wildman–Crippen LogP) is 1.58. The number of primary amides is 1. The molecule has 10 heteroatoms. The highest BCUT2D eigenvalue weighted by molar-refractivity contribution is 7.92. The van der Waals surface area contributed by atoms with E-state index in [-0.39, 0.29) is 30.0 Å². The lowest BCUT2D eigenvalue weighted by Crippen LogP contribution is -2.36. The number of nitrogens with zero attached hydrogens (tertiary/aromatic N) is 1. The lowest BCUT2D eigenvalue weighted by atomic mass is 9.95. The molecular formula is C21H33N3O6S. The van der Waals surface area contributed by atoms with Gasteiger partial charge in [-0.1, -0.05) is 12.1 Å². The van der Waals surface area contributed by atoms with E-state index in [9.17, 15) is 18.0 Å². The van der Waals surface area contributed by atoms with Crippen molar-refractivity contribution in [2.75, 3.05) is 42.9 Å². The predicted molar refractivity (Wildman–Crippen MR) is 119 cm³/mol. The van der Waals surface area contributed by atoms with Crippen LogP contribution in [0.2, 0.25) is 0 Å². The summed E-state index contributed by atoms with van der Waals surface area (Å²) >= 11 is 0. The summed E-state index contributed by atoms with van der Waals surface area (Å²) in [5.74, 6) is -1.38. The fourth-order valence-electron chi connectivity index (χ4n) is 3.63. The van der Waals surface area contributed by atoms with E-state index in [2.05, 4.69) is 5.32 Å². The van der Waals surface area contributed by atoms with Crippen LogP contribution in [0.3, 0.4) is 0 Å². The van der Waals surface area contributed by atoms with E-state index in [0.29, 0.717) is 32.0 Å². The zero-order chi connectivity index (χ0) is 22.7. The number of aliphatic carboxylic acids is 1. The van der Waals surface area contributed by atoms with Gasteiger partial charge in [-0.05, 0) is 63.2 Å². The zero-order valence-electron chi connectivity index (χ0n) is 17.8. The van der Waals surface area contributed by atoms with Crippen LogP contribution in [-0.2, 0) is 19.6 Å². The van der Waals surface area contributed by atoms with Gasteiger partial charge in [0.2, 0.25) is 10.0 Å². The van der Waals surface area contributed by atoms with Crippen molar-refractivity contribution >= 4 is 27.6 Å². The lowest BCUT2D eigenvalue weighted by Gasteiger charge is -2.25. The summed E-state index contributed by atoms with van der Waals surface area (Å²) in [4.78, 5) is 22.8. The van der Waals surface area contributed by atoms with Crippen LogP contribution in [0.15, 0.2) is 24.3 Å². The van der Waals surface area contributed by atoms with E-state index < -0.39 is 21.9 Å². The number of benzene rings is 1. The van der Waals surface area contributed by atoms with Crippen LogP contribution < -0.4 is 15.4 Å².